The number of benzene rings is 3. The van der Waals surface area contributed by atoms with Crippen LogP contribution in [0.2, 0.25) is 0 Å². The monoisotopic (exact) mass is 544 g/mol. The zero-order valence-corrected chi connectivity index (χ0v) is 22.2. The average Bonchev–Trinajstić information content (AvgIpc) is 3.47. The predicted molar refractivity (Wildman–Crippen MR) is 147 cm³/mol. The van der Waals surface area contributed by atoms with E-state index in [9.17, 15) is 9.59 Å². The molecule has 1 aliphatic rings. The molecule has 5 rings (SSSR count). The number of carbonyl (C=O) groups is 2. The maximum atomic E-state index is 11.8. The third kappa shape index (κ3) is 7.42. The van der Waals surface area contributed by atoms with Gasteiger partial charge in [0.05, 0.1) is 12.3 Å². The van der Waals surface area contributed by atoms with E-state index in [1.165, 1.54) is 0 Å². The maximum absolute atomic E-state index is 11.8. The number of nitrogens with zero attached hydrogens (tertiary/aromatic N) is 1. The van der Waals surface area contributed by atoms with Gasteiger partial charge in [0, 0.05) is 24.6 Å². The molecule has 0 saturated carbocycles. The van der Waals surface area contributed by atoms with Crippen LogP contribution < -0.4 is 19.5 Å². The lowest BCUT2D eigenvalue weighted by molar-refractivity contribution is -0.112. The third-order valence-corrected chi connectivity index (χ3v) is 6.90. The number of nitrogens with one attached hydrogen (secondary N) is 1. The molecule has 1 saturated heterocycles. The fraction of sp³-hybridized carbons (Fsp3) is 0.233. The van der Waals surface area contributed by atoms with Gasteiger partial charge in [-0.05, 0) is 54.4 Å². The van der Waals surface area contributed by atoms with Gasteiger partial charge < -0.3 is 23.9 Å². The molecule has 200 valence electrons. The van der Waals surface area contributed by atoms with Crippen LogP contribution in [0.4, 0.5) is 4.79 Å². The van der Waals surface area contributed by atoms with Gasteiger partial charge in [-0.25, -0.2) is 4.98 Å². The fourth-order valence-corrected chi connectivity index (χ4v) is 4.72. The van der Waals surface area contributed by atoms with Gasteiger partial charge in [0.25, 0.3) is 5.24 Å². The highest BCUT2D eigenvalue weighted by molar-refractivity contribution is 8.26. The summed E-state index contributed by atoms with van der Waals surface area (Å²) in [5, 5.41) is 2.24. The Morgan fingerprint density at radius 1 is 0.821 bits per heavy atom. The Hall–Kier alpha value is -4.24. The first-order valence-electron chi connectivity index (χ1n) is 12.6. The van der Waals surface area contributed by atoms with Crippen LogP contribution in [0.3, 0.4) is 0 Å². The molecule has 1 unspecified atom stereocenters. The summed E-state index contributed by atoms with van der Waals surface area (Å²) in [7, 11) is 0. The summed E-state index contributed by atoms with van der Waals surface area (Å²) >= 11 is 0.726. The normalized spacial score (nSPS) is 14.7. The SMILES string of the molecule is Cc1oc(COc2ccc(OCc3ccccc3)cc2)nc1CCOc1ccc(CC2NC(=O)SC2=O)cc1. The van der Waals surface area contributed by atoms with Crippen LogP contribution in [0.15, 0.2) is 83.3 Å². The Morgan fingerprint density at radius 2 is 1.46 bits per heavy atom. The molecule has 1 aromatic heterocycles. The Kier molecular flexibility index (Phi) is 8.48. The van der Waals surface area contributed by atoms with Crippen molar-refractivity contribution in [2.75, 3.05) is 6.61 Å². The van der Waals surface area contributed by atoms with Crippen LogP contribution in [-0.2, 0) is 30.8 Å². The van der Waals surface area contributed by atoms with E-state index in [4.69, 9.17) is 18.6 Å². The van der Waals surface area contributed by atoms with Crippen molar-refractivity contribution in [3.8, 4) is 17.2 Å². The van der Waals surface area contributed by atoms with E-state index >= 15 is 0 Å². The molecule has 1 atom stereocenters. The van der Waals surface area contributed by atoms with Crippen molar-refractivity contribution in [1.82, 2.24) is 10.3 Å². The lowest BCUT2D eigenvalue weighted by Crippen LogP contribution is -2.30. The van der Waals surface area contributed by atoms with Gasteiger partial charge in [-0.3, -0.25) is 9.59 Å². The number of thioether (sulfide) groups is 1. The van der Waals surface area contributed by atoms with Gasteiger partial charge >= 0.3 is 0 Å². The summed E-state index contributed by atoms with van der Waals surface area (Å²) in [4.78, 5) is 27.7. The zero-order valence-electron chi connectivity index (χ0n) is 21.4. The predicted octanol–water partition coefficient (Wildman–Crippen LogP) is 5.66. The summed E-state index contributed by atoms with van der Waals surface area (Å²) < 4.78 is 23.3. The number of carbonyl (C=O) groups excluding carboxylic acids is 2. The molecular formula is C30H28N2O6S. The number of aromatic nitrogens is 1. The minimum Gasteiger partial charge on any atom is -0.493 e. The number of oxazole rings is 1. The molecule has 1 aliphatic heterocycles. The highest BCUT2D eigenvalue weighted by atomic mass is 32.2. The molecule has 2 heterocycles. The van der Waals surface area contributed by atoms with Crippen molar-refractivity contribution in [2.24, 2.45) is 0 Å². The molecule has 1 amide bonds. The van der Waals surface area contributed by atoms with E-state index < -0.39 is 6.04 Å². The van der Waals surface area contributed by atoms with Crippen molar-refractivity contribution in [2.45, 2.75) is 39.0 Å². The largest absolute Gasteiger partial charge is 0.493 e. The highest BCUT2D eigenvalue weighted by Crippen LogP contribution is 2.22. The van der Waals surface area contributed by atoms with Crippen molar-refractivity contribution in [3.05, 3.63) is 107 Å². The average molecular weight is 545 g/mol. The second-order valence-corrected chi connectivity index (χ2v) is 9.97. The molecule has 1 fully saturated rings. The number of rotatable bonds is 12. The van der Waals surface area contributed by atoms with Crippen molar-refractivity contribution >= 4 is 22.1 Å². The molecule has 8 nitrogen and oxygen atoms in total. The highest BCUT2D eigenvalue weighted by Gasteiger charge is 2.31. The first kappa shape index (κ1) is 26.4. The van der Waals surface area contributed by atoms with Gasteiger partial charge in [0.15, 0.2) is 6.61 Å². The van der Waals surface area contributed by atoms with Crippen LogP contribution in [0.25, 0.3) is 0 Å². The Labute approximate surface area is 230 Å². The van der Waals surface area contributed by atoms with Crippen LogP contribution in [0.1, 0.15) is 28.5 Å². The smallest absolute Gasteiger partial charge is 0.287 e. The molecule has 0 aliphatic carbocycles. The van der Waals surface area contributed by atoms with Crippen molar-refractivity contribution in [1.29, 1.82) is 0 Å². The minimum absolute atomic E-state index is 0.143. The number of aryl methyl sites for hydroxylation is 1. The lowest BCUT2D eigenvalue weighted by atomic mass is 10.1. The molecule has 9 heteroatoms. The Morgan fingerprint density at radius 3 is 2.13 bits per heavy atom. The Balaban J connectivity index is 1.04. The van der Waals surface area contributed by atoms with E-state index in [1.54, 1.807) is 0 Å². The molecule has 1 N–H and O–H groups in total. The summed E-state index contributed by atoms with van der Waals surface area (Å²) in [6, 6.07) is 24.5. The molecule has 3 aromatic carbocycles. The Bertz CT molecular complexity index is 1400. The van der Waals surface area contributed by atoms with Crippen LogP contribution in [-0.4, -0.2) is 28.0 Å². The maximum Gasteiger partial charge on any atom is 0.287 e. The molecular weight excluding hydrogens is 516 g/mol. The van der Waals surface area contributed by atoms with Gasteiger partial charge in [0.2, 0.25) is 11.0 Å². The summed E-state index contributed by atoms with van der Waals surface area (Å²) in [6.45, 7) is 3.04. The van der Waals surface area contributed by atoms with E-state index in [0.717, 1.165) is 45.8 Å². The minimum atomic E-state index is -0.471. The molecule has 0 bridgehead atoms. The first-order valence-corrected chi connectivity index (χ1v) is 13.4. The summed E-state index contributed by atoms with van der Waals surface area (Å²) in [6.07, 6.45) is 1.05. The second-order valence-electron chi connectivity index (χ2n) is 9.00. The number of amides is 1. The van der Waals surface area contributed by atoms with Gasteiger partial charge in [-0.2, -0.15) is 0 Å². The number of hydrogen-bond donors (Lipinski definition) is 1. The number of hydrogen-bond acceptors (Lipinski definition) is 8. The standard InChI is InChI=1S/C30H28N2O6S/c1-20-26(15-16-35-23-9-7-21(8-10-23)17-27-29(33)39-30(34)32-27)31-28(38-20)19-37-25-13-11-24(12-14-25)36-18-22-5-3-2-4-6-22/h2-14,27H,15-19H2,1H3,(H,32,34). The van der Waals surface area contributed by atoms with Gasteiger partial charge in [0.1, 0.15) is 35.7 Å². The summed E-state index contributed by atoms with van der Waals surface area (Å²) in [5.74, 6) is 3.42. The first-order chi connectivity index (χ1) is 19.0. The molecule has 0 spiro atoms. The lowest BCUT2D eigenvalue weighted by Gasteiger charge is -2.09. The van der Waals surface area contributed by atoms with Crippen LogP contribution >= 0.6 is 11.8 Å². The molecule has 39 heavy (non-hydrogen) atoms. The summed E-state index contributed by atoms with van der Waals surface area (Å²) in [5.41, 5.74) is 2.89. The second kappa shape index (κ2) is 12.5. The van der Waals surface area contributed by atoms with Crippen LogP contribution in [0.5, 0.6) is 17.2 Å². The third-order valence-electron chi connectivity index (χ3n) is 6.11. The number of ether oxygens (including phenoxy) is 3. The van der Waals surface area contributed by atoms with E-state index in [-0.39, 0.29) is 17.0 Å². The topological polar surface area (TPSA) is 99.9 Å². The molecule has 4 aromatic rings. The van der Waals surface area contributed by atoms with E-state index in [1.807, 2.05) is 85.8 Å². The van der Waals surface area contributed by atoms with E-state index in [2.05, 4.69) is 10.3 Å². The van der Waals surface area contributed by atoms with Crippen molar-refractivity contribution < 1.29 is 28.2 Å². The fourth-order valence-electron chi connectivity index (χ4n) is 4.05. The van der Waals surface area contributed by atoms with Gasteiger partial charge in [-0.1, -0.05) is 42.5 Å². The van der Waals surface area contributed by atoms with E-state index in [0.29, 0.717) is 37.7 Å². The zero-order chi connectivity index (χ0) is 27.0. The van der Waals surface area contributed by atoms with Gasteiger partial charge in [-0.15, -0.1) is 0 Å². The van der Waals surface area contributed by atoms with Crippen molar-refractivity contribution in [3.63, 3.8) is 0 Å². The van der Waals surface area contributed by atoms with Crippen LogP contribution in [0, 0.1) is 6.92 Å². The molecule has 0 radical (unpaired) electrons. The quantitative estimate of drug-likeness (QED) is 0.244.